The fourth-order valence-corrected chi connectivity index (χ4v) is 2.72. The van der Waals surface area contributed by atoms with E-state index in [4.69, 9.17) is 26.8 Å². The minimum Gasteiger partial charge on any atom is -0.497 e. The Labute approximate surface area is 127 Å². The minimum absolute atomic E-state index is 0.232. The van der Waals surface area contributed by atoms with Crippen LogP contribution >= 0.6 is 11.6 Å². The first-order valence-electron chi connectivity index (χ1n) is 6.63. The van der Waals surface area contributed by atoms with Crippen molar-refractivity contribution in [2.24, 2.45) is 5.73 Å². The molecule has 2 atom stereocenters. The second-order valence-electron chi connectivity index (χ2n) is 5.02. The van der Waals surface area contributed by atoms with E-state index in [1.165, 1.54) is 6.07 Å². The van der Waals surface area contributed by atoms with Crippen molar-refractivity contribution in [1.29, 1.82) is 0 Å². The molecule has 0 spiro atoms. The first kappa shape index (κ1) is 14.2. The number of hydrogen-bond donors (Lipinski definition) is 1. The van der Waals surface area contributed by atoms with Gasteiger partial charge in [-0.15, -0.1) is 0 Å². The minimum atomic E-state index is -0.418. The molecule has 3 nitrogen and oxygen atoms in total. The lowest BCUT2D eigenvalue weighted by atomic mass is 9.93. The summed E-state index contributed by atoms with van der Waals surface area (Å²) in [4.78, 5) is 0. The van der Waals surface area contributed by atoms with Crippen LogP contribution in [0.15, 0.2) is 36.4 Å². The lowest BCUT2D eigenvalue weighted by Gasteiger charge is -2.31. The van der Waals surface area contributed by atoms with Crippen molar-refractivity contribution in [2.75, 3.05) is 7.11 Å². The number of fused-ring (bicyclic) bond motifs is 1. The quantitative estimate of drug-likeness (QED) is 0.911. The van der Waals surface area contributed by atoms with Crippen LogP contribution in [0.3, 0.4) is 0 Å². The third kappa shape index (κ3) is 2.69. The monoisotopic (exact) mass is 307 g/mol. The summed E-state index contributed by atoms with van der Waals surface area (Å²) in [5.41, 5.74) is 7.54. The Kier molecular flexibility index (Phi) is 3.74. The maximum atomic E-state index is 14.0. The summed E-state index contributed by atoms with van der Waals surface area (Å²) in [6.07, 6.45) is 0.0804. The molecule has 3 rings (SSSR count). The van der Waals surface area contributed by atoms with Crippen molar-refractivity contribution in [3.05, 3.63) is 58.4 Å². The first-order valence-corrected chi connectivity index (χ1v) is 7.01. The Morgan fingerprint density at radius 2 is 2.05 bits per heavy atom. The molecule has 0 saturated heterocycles. The number of halogens is 2. The number of nitrogens with two attached hydrogens (primary N) is 1. The maximum absolute atomic E-state index is 14.0. The number of ether oxygens (including phenoxy) is 2. The maximum Gasteiger partial charge on any atom is 0.131 e. The Morgan fingerprint density at radius 3 is 2.76 bits per heavy atom. The summed E-state index contributed by atoms with van der Waals surface area (Å²) in [5.74, 6) is 1.01. The van der Waals surface area contributed by atoms with E-state index in [1.54, 1.807) is 31.4 Å². The number of hydrogen-bond acceptors (Lipinski definition) is 3. The van der Waals surface area contributed by atoms with Crippen LogP contribution in [0.25, 0.3) is 0 Å². The van der Waals surface area contributed by atoms with E-state index >= 15 is 0 Å². The molecule has 0 saturated carbocycles. The van der Waals surface area contributed by atoms with Crippen molar-refractivity contribution in [3.8, 4) is 11.5 Å². The van der Waals surface area contributed by atoms with Crippen LogP contribution in [0, 0.1) is 5.82 Å². The molecule has 0 bridgehead atoms. The van der Waals surface area contributed by atoms with Crippen molar-refractivity contribution in [1.82, 2.24) is 0 Å². The molecular weight excluding hydrogens is 293 g/mol. The molecule has 0 fully saturated rings. The fraction of sp³-hybridized carbons (Fsp3) is 0.250. The Hall–Kier alpha value is -1.78. The zero-order valence-corrected chi connectivity index (χ0v) is 12.2. The van der Waals surface area contributed by atoms with Crippen LogP contribution in [0.2, 0.25) is 5.02 Å². The summed E-state index contributed by atoms with van der Waals surface area (Å²) in [5, 5.41) is 0.362. The van der Waals surface area contributed by atoms with Gasteiger partial charge < -0.3 is 15.2 Å². The van der Waals surface area contributed by atoms with Gasteiger partial charge in [0.1, 0.15) is 23.4 Å². The van der Waals surface area contributed by atoms with Gasteiger partial charge in [-0.05, 0) is 30.3 Å². The summed E-state index contributed by atoms with van der Waals surface area (Å²) >= 11 is 5.78. The van der Waals surface area contributed by atoms with Crippen LogP contribution < -0.4 is 15.2 Å². The molecule has 1 aliphatic rings. The van der Waals surface area contributed by atoms with E-state index < -0.39 is 6.10 Å². The van der Waals surface area contributed by atoms with E-state index in [2.05, 4.69) is 0 Å². The van der Waals surface area contributed by atoms with Gasteiger partial charge in [-0.3, -0.25) is 0 Å². The summed E-state index contributed by atoms with van der Waals surface area (Å²) in [6.45, 7) is 0. The number of benzene rings is 2. The molecule has 2 aromatic rings. The standard InChI is InChI=1S/C16H15ClFNO2/c1-20-10-3-5-15-12(7-10)14(19)8-16(21-15)11-4-2-9(17)6-13(11)18/h2-7,14,16H,8,19H2,1H3/t14-,16?/m0/s1. The zero-order chi connectivity index (χ0) is 15.0. The largest absolute Gasteiger partial charge is 0.497 e. The molecule has 110 valence electrons. The van der Waals surface area contributed by atoms with Gasteiger partial charge in [0.05, 0.1) is 7.11 Å². The summed E-state index contributed by atoms with van der Waals surface area (Å²) in [6, 6.07) is 9.80. The molecule has 1 aliphatic heterocycles. The van der Waals surface area contributed by atoms with E-state index in [0.717, 1.165) is 11.3 Å². The van der Waals surface area contributed by atoms with Crippen LogP contribution in [-0.4, -0.2) is 7.11 Å². The van der Waals surface area contributed by atoms with Gasteiger partial charge in [-0.2, -0.15) is 0 Å². The van der Waals surface area contributed by atoms with E-state index in [1.807, 2.05) is 6.07 Å². The highest BCUT2D eigenvalue weighted by Gasteiger charge is 2.29. The molecule has 0 aliphatic carbocycles. The van der Waals surface area contributed by atoms with Gasteiger partial charge in [0.25, 0.3) is 0 Å². The average molecular weight is 308 g/mol. The molecule has 0 aromatic heterocycles. The number of rotatable bonds is 2. The molecule has 5 heteroatoms. The zero-order valence-electron chi connectivity index (χ0n) is 11.5. The highest BCUT2D eigenvalue weighted by molar-refractivity contribution is 6.30. The van der Waals surface area contributed by atoms with Crippen molar-refractivity contribution in [3.63, 3.8) is 0 Å². The van der Waals surface area contributed by atoms with Crippen molar-refractivity contribution in [2.45, 2.75) is 18.6 Å². The highest BCUT2D eigenvalue weighted by atomic mass is 35.5. The molecule has 2 N–H and O–H groups in total. The smallest absolute Gasteiger partial charge is 0.131 e. The van der Waals surface area contributed by atoms with Crippen LogP contribution in [-0.2, 0) is 0 Å². The summed E-state index contributed by atoms with van der Waals surface area (Å²) in [7, 11) is 1.60. The molecule has 1 unspecified atom stereocenters. The normalized spacial score (nSPS) is 20.6. The van der Waals surface area contributed by atoms with Crippen molar-refractivity contribution >= 4 is 11.6 Å². The third-order valence-electron chi connectivity index (χ3n) is 3.66. The molecule has 0 radical (unpaired) electrons. The highest BCUT2D eigenvalue weighted by Crippen LogP contribution is 2.41. The molecule has 1 heterocycles. The Bertz CT molecular complexity index is 677. The fourth-order valence-electron chi connectivity index (χ4n) is 2.56. The predicted molar refractivity (Wildman–Crippen MR) is 79.3 cm³/mol. The van der Waals surface area contributed by atoms with Gasteiger partial charge >= 0.3 is 0 Å². The van der Waals surface area contributed by atoms with Crippen molar-refractivity contribution < 1.29 is 13.9 Å². The average Bonchev–Trinajstić information content (AvgIpc) is 2.47. The lowest BCUT2D eigenvalue weighted by molar-refractivity contribution is 0.157. The Morgan fingerprint density at radius 1 is 1.24 bits per heavy atom. The molecule has 0 amide bonds. The van der Waals surface area contributed by atoms with Gasteiger partial charge in [0.2, 0.25) is 0 Å². The molecule has 21 heavy (non-hydrogen) atoms. The third-order valence-corrected chi connectivity index (χ3v) is 3.90. The Balaban J connectivity index is 1.94. The topological polar surface area (TPSA) is 44.5 Å². The number of methoxy groups -OCH3 is 1. The summed E-state index contributed by atoms with van der Waals surface area (Å²) < 4.78 is 25.1. The second-order valence-corrected chi connectivity index (χ2v) is 5.45. The molecule has 2 aromatic carbocycles. The van der Waals surface area contributed by atoms with Crippen LogP contribution in [0.1, 0.15) is 29.7 Å². The van der Waals surface area contributed by atoms with Gasteiger partial charge in [0, 0.05) is 28.6 Å². The van der Waals surface area contributed by atoms with Gasteiger partial charge in [-0.1, -0.05) is 17.7 Å². The first-order chi connectivity index (χ1) is 10.1. The van der Waals surface area contributed by atoms with E-state index in [9.17, 15) is 4.39 Å². The second kappa shape index (κ2) is 5.54. The van der Waals surface area contributed by atoms with Crippen LogP contribution in [0.5, 0.6) is 11.5 Å². The molecular formula is C16H15ClFNO2. The van der Waals surface area contributed by atoms with Gasteiger partial charge in [-0.25, -0.2) is 4.39 Å². The van der Waals surface area contributed by atoms with Crippen LogP contribution in [0.4, 0.5) is 4.39 Å². The van der Waals surface area contributed by atoms with Gasteiger partial charge in [0.15, 0.2) is 0 Å². The SMILES string of the molecule is COc1ccc2c(c1)[C@@H](N)CC(c1ccc(Cl)cc1F)O2. The van der Waals surface area contributed by atoms with E-state index in [0.29, 0.717) is 22.8 Å². The predicted octanol–water partition coefficient (Wildman–Crippen LogP) is 4.01. The van der Waals surface area contributed by atoms with E-state index in [-0.39, 0.29) is 11.9 Å². The lowest BCUT2D eigenvalue weighted by Crippen LogP contribution is -2.24.